The maximum absolute atomic E-state index is 11.8. The maximum atomic E-state index is 11.8. The second kappa shape index (κ2) is 8.11. The van der Waals surface area contributed by atoms with Crippen LogP contribution in [-0.4, -0.2) is 27.0 Å². The molecule has 2 heterocycles. The van der Waals surface area contributed by atoms with Gasteiger partial charge in [-0.1, -0.05) is 30.0 Å². The lowest BCUT2D eigenvalue weighted by atomic mass is 10.2. The number of rotatable bonds is 6. The highest BCUT2D eigenvalue weighted by molar-refractivity contribution is 7.99. The molecule has 0 aliphatic rings. The van der Waals surface area contributed by atoms with E-state index in [0.717, 1.165) is 27.6 Å². The zero-order valence-electron chi connectivity index (χ0n) is 15.2. The summed E-state index contributed by atoms with van der Waals surface area (Å²) in [7, 11) is 1.55. The normalized spacial score (nSPS) is 10.7. The summed E-state index contributed by atoms with van der Waals surface area (Å²) in [5.74, 6) is 0.912. The highest BCUT2D eigenvalue weighted by Gasteiger charge is 2.26. The van der Waals surface area contributed by atoms with Gasteiger partial charge in [-0.3, -0.25) is 15.1 Å². The number of nitrogens with zero attached hydrogens (tertiary/aromatic N) is 4. The number of methoxy groups -OCH3 is 1. The number of para-hydroxylation sites is 1. The van der Waals surface area contributed by atoms with Crippen LogP contribution in [0, 0.1) is 10.1 Å². The van der Waals surface area contributed by atoms with Gasteiger partial charge < -0.3 is 9.47 Å². The molecule has 0 unspecified atom stereocenters. The van der Waals surface area contributed by atoms with E-state index in [0.29, 0.717) is 11.5 Å². The molecule has 0 saturated heterocycles. The van der Waals surface area contributed by atoms with Crippen molar-refractivity contribution in [2.75, 3.05) is 7.11 Å². The number of benzene rings is 2. The van der Waals surface area contributed by atoms with E-state index >= 15 is 0 Å². The molecule has 0 fully saturated rings. The molecule has 4 aromatic rings. The minimum Gasteiger partial charge on any atom is -0.497 e. The Morgan fingerprint density at radius 3 is 2.48 bits per heavy atom. The first-order valence-electron chi connectivity index (χ1n) is 8.48. The number of hydrogen-bond donors (Lipinski definition) is 0. The van der Waals surface area contributed by atoms with Gasteiger partial charge in [-0.2, -0.15) is 4.98 Å². The van der Waals surface area contributed by atoms with Gasteiger partial charge in [0.05, 0.1) is 17.5 Å². The SMILES string of the molecule is COc1ccc(Oc2ncnc(Sc3cccc4cccnc34)c2[N+](=O)[O-])cc1. The molecule has 0 saturated carbocycles. The van der Waals surface area contributed by atoms with Gasteiger partial charge in [-0.05, 0) is 36.4 Å². The van der Waals surface area contributed by atoms with Crippen LogP contribution in [0.2, 0.25) is 0 Å². The quantitative estimate of drug-likeness (QED) is 0.254. The fourth-order valence-electron chi connectivity index (χ4n) is 2.67. The molecule has 4 rings (SSSR count). The number of ether oxygens (including phenoxy) is 2. The average Bonchev–Trinajstić information content (AvgIpc) is 2.74. The molecule has 8 nitrogen and oxygen atoms in total. The summed E-state index contributed by atoms with van der Waals surface area (Å²) in [6.07, 6.45) is 2.92. The number of pyridine rings is 1. The van der Waals surface area contributed by atoms with Crippen LogP contribution >= 0.6 is 11.8 Å². The van der Waals surface area contributed by atoms with Gasteiger partial charge in [0, 0.05) is 16.5 Å². The first-order chi connectivity index (χ1) is 14.2. The van der Waals surface area contributed by atoms with E-state index in [9.17, 15) is 10.1 Å². The van der Waals surface area contributed by atoms with Gasteiger partial charge in [0.1, 0.15) is 17.8 Å². The molecule has 0 aliphatic carbocycles. The molecular weight excluding hydrogens is 392 g/mol. The molecule has 2 aromatic heterocycles. The van der Waals surface area contributed by atoms with Gasteiger partial charge in [0.25, 0.3) is 0 Å². The van der Waals surface area contributed by atoms with Crippen LogP contribution in [0.4, 0.5) is 5.69 Å². The molecule has 0 amide bonds. The van der Waals surface area contributed by atoms with E-state index < -0.39 is 4.92 Å². The van der Waals surface area contributed by atoms with E-state index in [1.54, 1.807) is 37.6 Å². The first kappa shape index (κ1) is 18.6. The van der Waals surface area contributed by atoms with Crippen molar-refractivity contribution in [2.45, 2.75) is 9.92 Å². The molecule has 0 N–H and O–H groups in total. The van der Waals surface area contributed by atoms with Crippen molar-refractivity contribution in [3.05, 3.63) is 77.2 Å². The van der Waals surface area contributed by atoms with Crippen LogP contribution in [0.1, 0.15) is 0 Å². The summed E-state index contributed by atoms with van der Waals surface area (Å²) in [6, 6.07) is 16.1. The minimum absolute atomic E-state index is 0.133. The molecule has 144 valence electrons. The molecule has 0 atom stereocenters. The van der Waals surface area contributed by atoms with Crippen LogP contribution in [0.3, 0.4) is 0 Å². The molecule has 29 heavy (non-hydrogen) atoms. The van der Waals surface area contributed by atoms with Gasteiger partial charge >= 0.3 is 11.6 Å². The molecule has 2 aromatic carbocycles. The van der Waals surface area contributed by atoms with Gasteiger partial charge in [0.2, 0.25) is 0 Å². The predicted octanol–water partition coefficient (Wildman–Crippen LogP) is 4.89. The van der Waals surface area contributed by atoms with Crippen LogP contribution in [-0.2, 0) is 0 Å². The number of fused-ring (bicyclic) bond motifs is 1. The summed E-state index contributed by atoms with van der Waals surface area (Å²) in [6.45, 7) is 0. The van der Waals surface area contributed by atoms with Crippen molar-refractivity contribution in [1.82, 2.24) is 15.0 Å². The Hall–Kier alpha value is -3.72. The highest BCUT2D eigenvalue weighted by atomic mass is 32.2. The standard InChI is InChI=1S/C20H14N4O4S/c1-27-14-7-9-15(10-8-14)28-19-18(24(25)26)20(23-12-22-19)29-16-6-2-4-13-5-3-11-21-17(13)16/h2-12H,1H3. The lowest BCUT2D eigenvalue weighted by Gasteiger charge is -2.09. The third-order valence-corrected chi connectivity index (χ3v) is 5.06. The third kappa shape index (κ3) is 3.94. The van der Waals surface area contributed by atoms with Crippen molar-refractivity contribution in [3.63, 3.8) is 0 Å². The molecule has 9 heteroatoms. The van der Waals surface area contributed by atoms with Crippen LogP contribution < -0.4 is 9.47 Å². The summed E-state index contributed by atoms with van der Waals surface area (Å²) in [5.41, 5.74) is 0.437. The summed E-state index contributed by atoms with van der Waals surface area (Å²) in [4.78, 5) is 24.5. The van der Waals surface area contributed by atoms with Crippen molar-refractivity contribution >= 4 is 28.4 Å². The van der Waals surface area contributed by atoms with Gasteiger partial charge in [0.15, 0.2) is 5.03 Å². The van der Waals surface area contributed by atoms with E-state index in [2.05, 4.69) is 15.0 Å². The number of aromatic nitrogens is 3. The average molecular weight is 406 g/mol. The van der Waals surface area contributed by atoms with Crippen LogP contribution in [0.25, 0.3) is 10.9 Å². The minimum atomic E-state index is -0.542. The van der Waals surface area contributed by atoms with E-state index in [1.807, 2.05) is 30.3 Å². The summed E-state index contributed by atoms with van der Waals surface area (Å²) < 4.78 is 10.8. The fraction of sp³-hybridized carbons (Fsp3) is 0.0500. The topological polar surface area (TPSA) is 100 Å². The zero-order chi connectivity index (χ0) is 20.2. The van der Waals surface area contributed by atoms with E-state index in [4.69, 9.17) is 9.47 Å². The monoisotopic (exact) mass is 406 g/mol. The van der Waals surface area contributed by atoms with Crippen LogP contribution in [0.15, 0.2) is 77.0 Å². The largest absolute Gasteiger partial charge is 0.497 e. The maximum Gasteiger partial charge on any atom is 0.363 e. The van der Waals surface area contributed by atoms with E-state index in [1.165, 1.54) is 6.33 Å². The van der Waals surface area contributed by atoms with Gasteiger partial charge in [-0.25, -0.2) is 4.98 Å². The lowest BCUT2D eigenvalue weighted by Crippen LogP contribution is -2.00. The second-order valence-electron chi connectivity index (χ2n) is 5.80. The smallest absolute Gasteiger partial charge is 0.363 e. The Morgan fingerprint density at radius 2 is 1.72 bits per heavy atom. The molecule has 0 radical (unpaired) electrons. The first-order valence-corrected chi connectivity index (χ1v) is 9.30. The van der Waals surface area contributed by atoms with Crippen molar-refractivity contribution in [2.24, 2.45) is 0 Å². The van der Waals surface area contributed by atoms with E-state index in [-0.39, 0.29) is 16.6 Å². The van der Waals surface area contributed by atoms with Crippen LogP contribution in [0.5, 0.6) is 17.4 Å². The molecule has 0 bridgehead atoms. The Morgan fingerprint density at radius 1 is 0.966 bits per heavy atom. The number of hydrogen-bond acceptors (Lipinski definition) is 8. The summed E-state index contributed by atoms with van der Waals surface area (Å²) in [5, 5.41) is 12.9. The van der Waals surface area contributed by atoms with Crippen molar-refractivity contribution < 1.29 is 14.4 Å². The molecule has 0 aliphatic heterocycles. The summed E-state index contributed by atoms with van der Waals surface area (Å²) >= 11 is 1.15. The Bertz CT molecular complexity index is 1180. The van der Waals surface area contributed by atoms with Crippen molar-refractivity contribution in [3.8, 4) is 17.4 Å². The number of nitro groups is 1. The fourth-order valence-corrected chi connectivity index (χ4v) is 3.65. The van der Waals surface area contributed by atoms with Gasteiger partial charge in [-0.15, -0.1) is 0 Å². The van der Waals surface area contributed by atoms with Crippen molar-refractivity contribution in [1.29, 1.82) is 0 Å². The lowest BCUT2D eigenvalue weighted by molar-refractivity contribution is -0.389. The predicted molar refractivity (Wildman–Crippen MR) is 108 cm³/mol. The second-order valence-corrected chi connectivity index (χ2v) is 6.83. The highest BCUT2D eigenvalue weighted by Crippen LogP contribution is 2.40. The molecule has 0 spiro atoms. The zero-order valence-corrected chi connectivity index (χ0v) is 16.0. The Balaban J connectivity index is 1.72. The Kier molecular flexibility index (Phi) is 5.21. The molecular formula is C20H14N4O4S. The Labute approximate surface area is 169 Å². The third-order valence-electron chi connectivity index (χ3n) is 4.01.